The molecule has 0 saturated carbocycles. The SMILES string of the molecule is CC1CCN(C(=O)COc2ccc(Oc3ccccc3)cc2)C1. The molecule has 0 N–H and O–H groups in total. The van der Waals surface area contributed by atoms with Crippen LogP contribution in [0.5, 0.6) is 17.2 Å². The van der Waals surface area contributed by atoms with Gasteiger partial charge in [0.05, 0.1) is 0 Å². The van der Waals surface area contributed by atoms with Crippen molar-refractivity contribution in [3.8, 4) is 17.2 Å². The second-order valence-corrected chi connectivity index (χ2v) is 5.91. The summed E-state index contributed by atoms with van der Waals surface area (Å²) in [6.07, 6.45) is 1.08. The lowest BCUT2D eigenvalue weighted by Crippen LogP contribution is -2.32. The average Bonchev–Trinajstić information content (AvgIpc) is 3.01. The van der Waals surface area contributed by atoms with E-state index < -0.39 is 0 Å². The molecule has 1 fully saturated rings. The van der Waals surface area contributed by atoms with Gasteiger partial charge in [0.25, 0.3) is 5.91 Å². The van der Waals surface area contributed by atoms with Crippen LogP contribution in [0.1, 0.15) is 13.3 Å². The Labute approximate surface area is 136 Å². The number of amides is 1. The molecule has 1 saturated heterocycles. The highest BCUT2D eigenvalue weighted by molar-refractivity contribution is 5.78. The summed E-state index contributed by atoms with van der Waals surface area (Å²) in [5.41, 5.74) is 0. The van der Waals surface area contributed by atoms with Crippen molar-refractivity contribution in [2.24, 2.45) is 5.92 Å². The van der Waals surface area contributed by atoms with Crippen molar-refractivity contribution in [2.75, 3.05) is 19.7 Å². The molecule has 1 heterocycles. The minimum Gasteiger partial charge on any atom is -0.484 e. The molecular weight excluding hydrogens is 290 g/mol. The fourth-order valence-corrected chi connectivity index (χ4v) is 2.63. The van der Waals surface area contributed by atoms with Gasteiger partial charge in [-0.05, 0) is 48.7 Å². The highest BCUT2D eigenvalue weighted by Gasteiger charge is 2.23. The summed E-state index contributed by atoms with van der Waals surface area (Å²) in [6, 6.07) is 16.9. The van der Waals surface area contributed by atoms with E-state index in [-0.39, 0.29) is 12.5 Å². The van der Waals surface area contributed by atoms with Crippen LogP contribution in [0.3, 0.4) is 0 Å². The summed E-state index contributed by atoms with van der Waals surface area (Å²) >= 11 is 0. The molecule has 1 aliphatic rings. The van der Waals surface area contributed by atoms with Crippen LogP contribution in [0.2, 0.25) is 0 Å². The van der Waals surface area contributed by atoms with Crippen LogP contribution in [-0.2, 0) is 4.79 Å². The summed E-state index contributed by atoms with van der Waals surface area (Å²) in [6.45, 7) is 3.93. The average molecular weight is 311 g/mol. The third kappa shape index (κ3) is 4.25. The Hall–Kier alpha value is -2.49. The third-order valence-electron chi connectivity index (χ3n) is 3.94. The third-order valence-corrected chi connectivity index (χ3v) is 3.94. The largest absolute Gasteiger partial charge is 0.484 e. The second-order valence-electron chi connectivity index (χ2n) is 5.91. The number of hydrogen-bond acceptors (Lipinski definition) is 3. The molecule has 4 nitrogen and oxygen atoms in total. The molecule has 0 aromatic heterocycles. The Bertz CT molecular complexity index is 639. The minimum atomic E-state index is 0.0546. The lowest BCUT2D eigenvalue weighted by Gasteiger charge is -2.16. The summed E-state index contributed by atoms with van der Waals surface area (Å²) < 4.78 is 11.3. The zero-order valence-corrected chi connectivity index (χ0v) is 13.3. The molecule has 23 heavy (non-hydrogen) atoms. The Morgan fingerprint density at radius 2 is 1.70 bits per heavy atom. The van der Waals surface area contributed by atoms with Gasteiger partial charge >= 0.3 is 0 Å². The van der Waals surface area contributed by atoms with Gasteiger partial charge in [-0.3, -0.25) is 4.79 Å². The van der Waals surface area contributed by atoms with E-state index in [1.807, 2.05) is 59.5 Å². The van der Waals surface area contributed by atoms with Crippen molar-refractivity contribution in [1.29, 1.82) is 0 Å². The fraction of sp³-hybridized carbons (Fsp3) is 0.316. The number of ether oxygens (including phenoxy) is 2. The molecule has 120 valence electrons. The second kappa shape index (κ2) is 7.18. The van der Waals surface area contributed by atoms with Crippen LogP contribution >= 0.6 is 0 Å². The van der Waals surface area contributed by atoms with Crippen molar-refractivity contribution in [3.05, 3.63) is 54.6 Å². The topological polar surface area (TPSA) is 38.8 Å². The van der Waals surface area contributed by atoms with Crippen LogP contribution in [0, 0.1) is 5.92 Å². The lowest BCUT2D eigenvalue weighted by molar-refractivity contribution is -0.132. The number of nitrogens with zero attached hydrogens (tertiary/aromatic N) is 1. The minimum absolute atomic E-state index is 0.0546. The van der Waals surface area contributed by atoms with E-state index in [1.165, 1.54) is 0 Å². The number of para-hydroxylation sites is 1. The number of benzene rings is 2. The Kier molecular flexibility index (Phi) is 4.81. The summed E-state index contributed by atoms with van der Waals surface area (Å²) in [4.78, 5) is 13.9. The molecule has 0 radical (unpaired) electrons. The molecule has 1 aliphatic heterocycles. The quantitative estimate of drug-likeness (QED) is 0.844. The zero-order valence-electron chi connectivity index (χ0n) is 13.3. The van der Waals surface area contributed by atoms with Crippen molar-refractivity contribution >= 4 is 5.91 Å². The maximum atomic E-state index is 12.0. The Balaban J connectivity index is 1.50. The van der Waals surface area contributed by atoms with Gasteiger partial charge in [-0.1, -0.05) is 25.1 Å². The molecule has 4 heteroatoms. The van der Waals surface area contributed by atoms with Crippen LogP contribution in [-0.4, -0.2) is 30.5 Å². The van der Waals surface area contributed by atoms with E-state index in [2.05, 4.69) is 6.92 Å². The first-order chi connectivity index (χ1) is 11.2. The van der Waals surface area contributed by atoms with Gasteiger partial charge in [0.1, 0.15) is 17.2 Å². The first kappa shape index (κ1) is 15.4. The normalized spacial score (nSPS) is 17.1. The lowest BCUT2D eigenvalue weighted by atomic mass is 10.2. The standard InChI is InChI=1S/C19H21NO3/c1-15-11-12-20(13-15)19(21)14-22-16-7-9-18(10-8-16)23-17-5-3-2-4-6-17/h2-10,15H,11-14H2,1H3. The van der Waals surface area contributed by atoms with Crippen LogP contribution < -0.4 is 9.47 Å². The molecule has 2 aromatic carbocycles. The van der Waals surface area contributed by atoms with Gasteiger partial charge in [0.15, 0.2) is 6.61 Å². The van der Waals surface area contributed by atoms with Gasteiger partial charge in [0, 0.05) is 13.1 Å². The summed E-state index contributed by atoms with van der Waals surface area (Å²) in [5, 5.41) is 0. The molecule has 2 aromatic rings. The highest BCUT2D eigenvalue weighted by atomic mass is 16.5. The molecule has 1 amide bonds. The van der Waals surface area contributed by atoms with Gasteiger partial charge in [-0.15, -0.1) is 0 Å². The van der Waals surface area contributed by atoms with Gasteiger partial charge in [-0.25, -0.2) is 0 Å². The van der Waals surface area contributed by atoms with E-state index in [0.717, 1.165) is 31.0 Å². The van der Waals surface area contributed by atoms with Crippen LogP contribution in [0.4, 0.5) is 0 Å². The maximum Gasteiger partial charge on any atom is 0.260 e. The highest BCUT2D eigenvalue weighted by Crippen LogP contribution is 2.23. The molecule has 0 spiro atoms. The monoisotopic (exact) mass is 311 g/mol. The molecule has 3 rings (SSSR count). The Morgan fingerprint density at radius 3 is 2.35 bits per heavy atom. The van der Waals surface area contributed by atoms with Crippen LogP contribution in [0.15, 0.2) is 54.6 Å². The van der Waals surface area contributed by atoms with E-state index in [4.69, 9.17) is 9.47 Å². The first-order valence-electron chi connectivity index (χ1n) is 7.94. The number of likely N-dealkylation sites (tertiary alicyclic amines) is 1. The predicted octanol–water partition coefficient (Wildman–Crippen LogP) is 3.73. The smallest absolute Gasteiger partial charge is 0.260 e. The number of carbonyl (C=O) groups excluding carboxylic acids is 1. The van der Waals surface area contributed by atoms with E-state index in [1.54, 1.807) is 0 Å². The van der Waals surface area contributed by atoms with Gasteiger partial charge in [0.2, 0.25) is 0 Å². The molecule has 0 bridgehead atoms. The number of rotatable bonds is 5. The van der Waals surface area contributed by atoms with E-state index in [9.17, 15) is 4.79 Å². The summed E-state index contributed by atoms with van der Waals surface area (Å²) in [7, 11) is 0. The molecule has 1 unspecified atom stereocenters. The number of hydrogen-bond donors (Lipinski definition) is 0. The molecular formula is C19H21NO3. The Morgan fingerprint density at radius 1 is 1.04 bits per heavy atom. The molecule has 1 atom stereocenters. The predicted molar refractivity (Wildman–Crippen MR) is 88.8 cm³/mol. The van der Waals surface area contributed by atoms with Crippen LogP contribution in [0.25, 0.3) is 0 Å². The number of carbonyl (C=O) groups is 1. The summed E-state index contributed by atoms with van der Waals surface area (Å²) in [5.74, 6) is 2.85. The van der Waals surface area contributed by atoms with Crippen molar-refractivity contribution in [1.82, 2.24) is 4.90 Å². The maximum absolute atomic E-state index is 12.0. The van der Waals surface area contributed by atoms with Crippen molar-refractivity contribution < 1.29 is 14.3 Å². The van der Waals surface area contributed by atoms with E-state index in [0.29, 0.717) is 11.7 Å². The fourth-order valence-electron chi connectivity index (χ4n) is 2.63. The van der Waals surface area contributed by atoms with Crippen molar-refractivity contribution in [2.45, 2.75) is 13.3 Å². The van der Waals surface area contributed by atoms with Gasteiger partial charge in [-0.2, -0.15) is 0 Å². The first-order valence-corrected chi connectivity index (χ1v) is 7.94. The molecule has 0 aliphatic carbocycles. The zero-order chi connectivity index (χ0) is 16.1. The van der Waals surface area contributed by atoms with Crippen molar-refractivity contribution in [3.63, 3.8) is 0 Å². The van der Waals surface area contributed by atoms with E-state index >= 15 is 0 Å². The van der Waals surface area contributed by atoms with Gasteiger partial charge < -0.3 is 14.4 Å².